The van der Waals surface area contributed by atoms with Crippen LogP contribution in [0.1, 0.15) is 116 Å². The average molecular weight is 491 g/mol. The van der Waals surface area contributed by atoms with E-state index in [1.807, 2.05) is 0 Å². The van der Waals surface area contributed by atoms with Crippen molar-refractivity contribution in [3.63, 3.8) is 0 Å². The maximum atomic E-state index is 13.3. The Morgan fingerprint density at radius 2 is 1.03 bits per heavy atom. The van der Waals surface area contributed by atoms with Crippen LogP contribution in [0.25, 0.3) is 0 Å². The van der Waals surface area contributed by atoms with Gasteiger partial charge in [0.15, 0.2) is 0 Å². The summed E-state index contributed by atoms with van der Waals surface area (Å²) in [5, 5.41) is 19.7. The average Bonchev–Trinajstić information content (AvgIpc) is 3.14. The van der Waals surface area contributed by atoms with E-state index in [0.717, 1.165) is 64.2 Å². The van der Waals surface area contributed by atoms with E-state index in [9.17, 15) is 14.7 Å². The van der Waals surface area contributed by atoms with Crippen LogP contribution < -0.4 is 0 Å². The Bertz CT molecular complexity index is 665. The highest BCUT2D eigenvalue weighted by Crippen LogP contribution is 2.56. The lowest BCUT2D eigenvalue weighted by Gasteiger charge is -2.51. The third-order valence-electron chi connectivity index (χ3n) is 10.8. The molecule has 0 aromatic rings. The van der Waals surface area contributed by atoms with E-state index in [1.54, 1.807) is 0 Å². The van der Waals surface area contributed by atoms with Crippen LogP contribution in [0, 0.1) is 17.3 Å². The number of carboxylic acid groups (broad SMARTS) is 2. The van der Waals surface area contributed by atoms with E-state index in [4.69, 9.17) is 5.11 Å². The molecule has 4 fully saturated rings. The molecule has 6 heteroatoms. The zero-order chi connectivity index (χ0) is 25.0. The molecular formula is C29H50N2O4. The number of hydrogen-bond acceptors (Lipinski definition) is 4. The number of aliphatic carboxylic acids is 2. The van der Waals surface area contributed by atoms with E-state index < -0.39 is 17.4 Å². The first-order valence-corrected chi connectivity index (χ1v) is 14.7. The minimum Gasteiger partial charge on any atom is -0.481 e. The van der Waals surface area contributed by atoms with Crippen LogP contribution in [-0.2, 0) is 9.59 Å². The van der Waals surface area contributed by atoms with E-state index in [0.29, 0.717) is 36.0 Å². The fourth-order valence-corrected chi connectivity index (χ4v) is 8.62. The van der Waals surface area contributed by atoms with Crippen molar-refractivity contribution in [2.45, 2.75) is 140 Å². The van der Waals surface area contributed by atoms with Crippen molar-refractivity contribution < 1.29 is 19.8 Å². The minimum absolute atomic E-state index is 0.286. The number of rotatable bonds is 14. The van der Waals surface area contributed by atoms with Crippen LogP contribution in [0.2, 0.25) is 0 Å². The molecule has 4 unspecified atom stereocenters. The first kappa shape index (κ1) is 26.9. The van der Waals surface area contributed by atoms with Gasteiger partial charge >= 0.3 is 11.9 Å². The number of nitrogens with zero attached hydrogens (tertiary/aromatic N) is 2. The van der Waals surface area contributed by atoms with Crippen LogP contribution >= 0.6 is 0 Å². The van der Waals surface area contributed by atoms with Gasteiger partial charge in [-0.2, -0.15) is 0 Å². The number of hydrogen-bond donors (Lipinski definition) is 2. The molecule has 4 heterocycles. The Kier molecular flexibility index (Phi) is 9.18. The summed E-state index contributed by atoms with van der Waals surface area (Å²) < 4.78 is 0. The minimum atomic E-state index is -0.692. The van der Waals surface area contributed by atoms with Crippen LogP contribution in [0.15, 0.2) is 0 Å². The van der Waals surface area contributed by atoms with Crippen LogP contribution in [-0.4, -0.2) is 70.2 Å². The summed E-state index contributed by atoms with van der Waals surface area (Å²) in [6, 6.07) is 2.34. The van der Waals surface area contributed by atoms with Gasteiger partial charge in [-0.3, -0.25) is 9.59 Å². The molecule has 200 valence electrons. The monoisotopic (exact) mass is 490 g/mol. The Morgan fingerprint density at radius 3 is 1.40 bits per heavy atom. The van der Waals surface area contributed by atoms with E-state index >= 15 is 0 Å². The van der Waals surface area contributed by atoms with Crippen LogP contribution in [0.5, 0.6) is 0 Å². The van der Waals surface area contributed by atoms with Crippen molar-refractivity contribution in [2.24, 2.45) is 17.3 Å². The Morgan fingerprint density at radius 1 is 0.657 bits per heavy atom. The second-order valence-electron chi connectivity index (χ2n) is 12.5. The molecule has 2 N–H and O–H groups in total. The Labute approximate surface area is 212 Å². The standard InChI is InChI=1S/C29H50N2O4/c1-30-23-12-13-24(30)18-21(17-23)29(28(34)35,22-19-25-14-15-26(20-22)31(25)2)16-10-8-6-4-3-5-7-9-11-27(32)33/h21-26H,3-20H2,1-2H3,(H,32,33)(H,34,35). The van der Waals surface area contributed by atoms with Gasteiger partial charge in [0.2, 0.25) is 0 Å². The quantitative estimate of drug-likeness (QED) is 0.300. The summed E-state index contributed by atoms with van der Waals surface area (Å²) in [5.41, 5.74) is -0.541. The second kappa shape index (κ2) is 11.9. The predicted octanol–water partition coefficient (Wildman–Crippen LogP) is 5.79. The molecule has 35 heavy (non-hydrogen) atoms. The molecule has 0 amide bonds. The first-order chi connectivity index (χ1) is 16.8. The van der Waals surface area contributed by atoms with Crippen LogP contribution in [0.3, 0.4) is 0 Å². The van der Waals surface area contributed by atoms with Crippen molar-refractivity contribution in [3.8, 4) is 0 Å². The number of carboxylic acids is 2. The van der Waals surface area contributed by atoms with Crippen molar-refractivity contribution in [3.05, 3.63) is 0 Å². The molecule has 6 nitrogen and oxygen atoms in total. The van der Waals surface area contributed by atoms with Crippen molar-refractivity contribution in [1.82, 2.24) is 9.80 Å². The molecule has 4 atom stereocenters. The summed E-state index contributed by atoms with van der Waals surface area (Å²) in [4.78, 5) is 29.0. The number of unbranched alkanes of at least 4 members (excludes halogenated alkanes) is 7. The maximum absolute atomic E-state index is 13.3. The molecule has 0 aromatic carbocycles. The second-order valence-corrected chi connectivity index (χ2v) is 12.5. The lowest BCUT2D eigenvalue weighted by atomic mass is 9.57. The fourth-order valence-electron chi connectivity index (χ4n) is 8.62. The normalized spacial score (nSPS) is 34.7. The third-order valence-corrected chi connectivity index (χ3v) is 10.8. The van der Waals surface area contributed by atoms with E-state index in [1.165, 1.54) is 44.9 Å². The Hall–Kier alpha value is -1.14. The topological polar surface area (TPSA) is 81.1 Å². The first-order valence-electron chi connectivity index (χ1n) is 14.7. The summed E-state index contributed by atoms with van der Waals surface area (Å²) in [6.07, 6.45) is 19.1. The van der Waals surface area contributed by atoms with E-state index in [-0.39, 0.29) is 6.42 Å². The van der Waals surface area contributed by atoms with Crippen molar-refractivity contribution in [1.29, 1.82) is 0 Å². The lowest BCUT2D eigenvalue weighted by molar-refractivity contribution is -0.164. The largest absolute Gasteiger partial charge is 0.481 e. The zero-order valence-corrected chi connectivity index (χ0v) is 22.3. The van der Waals surface area contributed by atoms with Gasteiger partial charge in [-0.15, -0.1) is 0 Å². The molecule has 0 spiro atoms. The SMILES string of the molecule is CN1C2CCC1CC(C(CCCCCCCCCCC(=O)O)(C(=O)O)C1CC3CCC(C1)N3C)C2. The molecule has 0 radical (unpaired) electrons. The van der Waals surface area contributed by atoms with E-state index in [2.05, 4.69) is 23.9 Å². The van der Waals surface area contributed by atoms with Crippen molar-refractivity contribution >= 4 is 11.9 Å². The van der Waals surface area contributed by atoms with Gasteiger partial charge < -0.3 is 20.0 Å². The highest BCUT2D eigenvalue weighted by atomic mass is 16.4. The molecule has 0 saturated carbocycles. The van der Waals surface area contributed by atoms with Gasteiger partial charge in [0, 0.05) is 30.6 Å². The Balaban J connectivity index is 1.35. The number of piperidine rings is 2. The summed E-state index contributed by atoms with van der Waals surface area (Å²) in [7, 11) is 4.52. The summed E-state index contributed by atoms with van der Waals surface area (Å²) in [6.45, 7) is 0. The fraction of sp³-hybridized carbons (Fsp3) is 0.931. The third kappa shape index (κ3) is 5.89. The number of fused-ring (bicyclic) bond motifs is 4. The molecule has 4 rings (SSSR count). The van der Waals surface area contributed by atoms with Crippen LogP contribution in [0.4, 0.5) is 0 Å². The van der Waals surface area contributed by atoms with Gasteiger partial charge in [-0.05, 0) is 90.1 Å². The zero-order valence-electron chi connectivity index (χ0n) is 22.3. The van der Waals surface area contributed by atoms with Gasteiger partial charge in [-0.25, -0.2) is 0 Å². The molecule has 4 saturated heterocycles. The number of carbonyl (C=O) groups is 2. The summed E-state index contributed by atoms with van der Waals surface area (Å²) in [5.74, 6) is -0.521. The molecule has 4 aliphatic rings. The van der Waals surface area contributed by atoms with Gasteiger partial charge in [0.05, 0.1) is 5.41 Å². The molecule has 0 aliphatic carbocycles. The highest BCUT2D eigenvalue weighted by Gasteiger charge is 2.57. The van der Waals surface area contributed by atoms with Gasteiger partial charge in [0.1, 0.15) is 0 Å². The highest BCUT2D eigenvalue weighted by molar-refractivity contribution is 5.75. The van der Waals surface area contributed by atoms with Crippen molar-refractivity contribution in [2.75, 3.05) is 14.1 Å². The van der Waals surface area contributed by atoms with Gasteiger partial charge in [0.25, 0.3) is 0 Å². The molecule has 4 bridgehead atoms. The lowest BCUT2D eigenvalue weighted by Crippen LogP contribution is -2.55. The summed E-state index contributed by atoms with van der Waals surface area (Å²) >= 11 is 0. The molecule has 4 aliphatic heterocycles. The molecule has 0 aromatic heterocycles. The predicted molar refractivity (Wildman–Crippen MR) is 138 cm³/mol. The maximum Gasteiger partial charge on any atom is 0.310 e. The molecular weight excluding hydrogens is 440 g/mol. The van der Waals surface area contributed by atoms with Gasteiger partial charge in [-0.1, -0.05) is 44.9 Å². The smallest absolute Gasteiger partial charge is 0.310 e.